The van der Waals surface area contributed by atoms with Crippen molar-refractivity contribution in [1.82, 2.24) is 0 Å². The van der Waals surface area contributed by atoms with Crippen molar-refractivity contribution in [1.29, 1.82) is 0 Å². The summed E-state index contributed by atoms with van der Waals surface area (Å²) in [6.07, 6.45) is 0. The van der Waals surface area contributed by atoms with Gasteiger partial charge in [-0.15, -0.1) is 0 Å². The Balaban J connectivity index is 1.53. The first-order valence-electron chi connectivity index (χ1n) is 15.0. The van der Waals surface area contributed by atoms with Crippen LogP contribution in [0, 0.1) is 0 Å². The van der Waals surface area contributed by atoms with Gasteiger partial charge in [0.25, 0.3) is 0 Å². The summed E-state index contributed by atoms with van der Waals surface area (Å²) in [6.45, 7) is 11.4. The van der Waals surface area contributed by atoms with E-state index in [2.05, 4.69) is 179 Å². The molecule has 0 saturated heterocycles. The zero-order valence-corrected chi connectivity index (χ0v) is 25.3. The molecule has 0 radical (unpaired) electrons. The van der Waals surface area contributed by atoms with E-state index in [0.29, 0.717) is 5.92 Å². The Morgan fingerprint density at radius 1 is 0.500 bits per heavy atom. The third-order valence-corrected chi connectivity index (χ3v) is 8.15. The fraction of sp³-hybridized carbons (Fsp3) is 0.171. The molecule has 0 N–H and O–H groups in total. The number of rotatable bonds is 6. The number of benzene rings is 6. The van der Waals surface area contributed by atoms with Crippen LogP contribution in [0.3, 0.4) is 0 Å². The van der Waals surface area contributed by atoms with E-state index in [4.69, 9.17) is 0 Å². The molecule has 0 aliphatic heterocycles. The van der Waals surface area contributed by atoms with E-state index in [9.17, 15) is 0 Å². The number of fused-ring (bicyclic) bond motifs is 1. The molecule has 42 heavy (non-hydrogen) atoms. The van der Waals surface area contributed by atoms with Crippen LogP contribution in [0.5, 0.6) is 0 Å². The van der Waals surface area contributed by atoms with Crippen molar-refractivity contribution in [2.45, 2.75) is 46.0 Å². The lowest BCUT2D eigenvalue weighted by Gasteiger charge is -2.29. The molecule has 0 heterocycles. The van der Waals surface area contributed by atoms with Crippen LogP contribution < -0.4 is 4.90 Å². The SMILES string of the molecule is CC(C)c1cccc(N(c2cccc(-c3cc(-c4ccccc4)c4ccccc4c3)c2)c2cccc(C(C)(C)C)c2)c1. The molecule has 0 amide bonds. The van der Waals surface area contributed by atoms with E-state index in [1.54, 1.807) is 0 Å². The lowest BCUT2D eigenvalue weighted by molar-refractivity contribution is 0.590. The fourth-order valence-electron chi connectivity index (χ4n) is 5.74. The van der Waals surface area contributed by atoms with Crippen LogP contribution in [0.2, 0.25) is 0 Å². The highest BCUT2D eigenvalue weighted by atomic mass is 15.1. The average Bonchev–Trinajstić information content (AvgIpc) is 3.01. The second kappa shape index (κ2) is 11.3. The lowest BCUT2D eigenvalue weighted by Crippen LogP contribution is -2.14. The Hall–Kier alpha value is -4.62. The quantitative estimate of drug-likeness (QED) is 0.201. The van der Waals surface area contributed by atoms with Gasteiger partial charge in [0.1, 0.15) is 0 Å². The monoisotopic (exact) mass is 545 g/mol. The van der Waals surface area contributed by atoms with Gasteiger partial charge in [-0.3, -0.25) is 0 Å². The van der Waals surface area contributed by atoms with Crippen molar-refractivity contribution in [3.8, 4) is 22.3 Å². The maximum Gasteiger partial charge on any atom is 0.0467 e. The van der Waals surface area contributed by atoms with Crippen LogP contribution in [0.4, 0.5) is 17.1 Å². The Labute approximate surface area is 251 Å². The van der Waals surface area contributed by atoms with Gasteiger partial charge in [0.05, 0.1) is 0 Å². The van der Waals surface area contributed by atoms with E-state index in [-0.39, 0.29) is 5.41 Å². The first-order chi connectivity index (χ1) is 20.3. The molecule has 1 heteroatoms. The maximum atomic E-state index is 2.41. The van der Waals surface area contributed by atoms with Crippen molar-refractivity contribution in [3.63, 3.8) is 0 Å². The molecule has 6 rings (SSSR count). The average molecular weight is 546 g/mol. The van der Waals surface area contributed by atoms with Crippen LogP contribution in [0.15, 0.2) is 140 Å². The summed E-state index contributed by atoms with van der Waals surface area (Å²) in [5.74, 6) is 0.452. The molecule has 1 nitrogen and oxygen atoms in total. The van der Waals surface area contributed by atoms with Gasteiger partial charge in [0.2, 0.25) is 0 Å². The highest BCUT2D eigenvalue weighted by Crippen LogP contribution is 2.40. The highest BCUT2D eigenvalue weighted by molar-refractivity contribution is 6.00. The minimum atomic E-state index is 0.0578. The molecular weight excluding hydrogens is 506 g/mol. The third-order valence-electron chi connectivity index (χ3n) is 8.15. The van der Waals surface area contributed by atoms with Crippen molar-refractivity contribution in [2.75, 3.05) is 4.90 Å². The molecule has 0 fully saturated rings. The van der Waals surface area contributed by atoms with Gasteiger partial charge < -0.3 is 4.90 Å². The van der Waals surface area contributed by atoms with Crippen LogP contribution in [-0.4, -0.2) is 0 Å². The summed E-state index contributed by atoms with van der Waals surface area (Å²) in [4.78, 5) is 2.41. The van der Waals surface area contributed by atoms with Crippen LogP contribution in [-0.2, 0) is 5.41 Å². The molecule has 0 bridgehead atoms. The normalized spacial score (nSPS) is 11.7. The van der Waals surface area contributed by atoms with Crippen LogP contribution in [0.25, 0.3) is 33.0 Å². The predicted molar refractivity (Wildman–Crippen MR) is 182 cm³/mol. The maximum absolute atomic E-state index is 2.41. The molecule has 0 unspecified atom stereocenters. The first kappa shape index (κ1) is 27.5. The fourth-order valence-corrected chi connectivity index (χ4v) is 5.74. The number of anilines is 3. The van der Waals surface area contributed by atoms with Crippen molar-refractivity contribution in [2.24, 2.45) is 0 Å². The van der Waals surface area contributed by atoms with Gasteiger partial charge in [-0.05, 0) is 104 Å². The molecular formula is C41H39N. The molecule has 0 saturated carbocycles. The molecule has 0 aliphatic carbocycles. The highest BCUT2D eigenvalue weighted by Gasteiger charge is 2.19. The first-order valence-corrected chi connectivity index (χ1v) is 15.0. The summed E-state index contributed by atoms with van der Waals surface area (Å²) in [6, 6.07) is 51.1. The summed E-state index contributed by atoms with van der Waals surface area (Å²) in [5.41, 5.74) is 11.1. The van der Waals surface area contributed by atoms with Crippen LogP contribution >= 0.6 is 0 Å². The Morgan fingerprint density at radius 3 is 1.86 bits per heavy atom. The van der Waals surface area contributed by atoms with E-state index < -0.39 is 0 Å². The number of hydrogen-bond donors (Lipinski definition) is 0. The Morgan fingerprint density at radius 2 is 1.12 bits per heavy atom. The second-order valence-corrected chi connectivity index (χ2v) is 12.5. The number of nitrogens with zero attached hydrogens (tertiary/aromatic N) is 1. The standard InChI is InChI=1S/C41H39N/c1-29(2)31-17-11-20-36(25-31)42(38-22-13-19-35(28-38)41(3,4)5)37-21-12-18-32(26-37)34-24-33-16-9-10-23-39(33)40(27-34)30-14-7-6-8-15-30/h6-29H,1-5H3. The van der Waals surface area contributed by atoms with E-state index >= 15 is 0 Å². The van der Waals surface area contributed by atoms with Gasteiger partial charge in [-0.2, -0.15) is 0 Å². The summed E-state index contributed by atoms with van der Waals surface area (Å²) in [5, 5.41) is 2.52. The van der Waals surface area contributed by atoms with Gasteiger partial charge in [0.15, 0.2) is 0 Å². The largest absolute Gasteiger partial charge is 0.310 e. The zero-order chi connectivity index (χ0) is 29.3. The summed E-state index contributed by atoms with van der Waals surface area (Å²) < 4.78 is 0. The molecule has 6 aromatic rings. The van der Waals surface area contributed by atoms with Crippen molar-refractivity contribution >= 4 is 27.8 Å². The lowest BCUT2D eigenvalue weighted by atomic mass is 9.86. The summed E-state index contributed by atoms with van der Waals surface area (Å²) in [7, 11) is 0. The predicted octanol–water partition coefficient (Wildman–Crippen LogP) is 12.1. The minimum Gasteiger partial charge on any atom is -0.310 e. The Kier molecular flexibility index (Phi) is 7.43. The molecule has 0 aliphatic rings. The van der Waals surface area contributed by atoms with Gasteiger partial charge in [0, 0.05) is 17.1 Å². The van der Waals surface area contributed by atoms with Crippen molar-refractivity contribution < 1.29 is 0 Å². The van der Waals surface area contributed by atoms with Gasteiger partial charge >= 0.3 is 0 Å². The van der Waals surface area contributed by atoms with E-state index in [0.717, 1.165) is 5.69 Å². The van der Waals surface area contributed by atoms with Gasteiger partial charge in [-0.1, -0.05) is 126 Å². The topological polar surface area (TPSA) is 3.24 Å². The van der Waals surface area contributed by atoms with Crippen LogP contribution in [0.1, 0.15) is 51.7 Å². The third kappa shape index (κ3) is 5.60. The molecule has 0 spiro atoms. The van der Waals surface area contributed by atoms with E-state index in [1.165, 1.54) is 55.5 Å². The Bertz CT molecular complexity index is 1840. The molecule has 208 valence electrons. The summed E-state index contributed by atoms with van der Waals surface area (Å²) >= 11 is 0. The zero-order valence-electron chi connectivity index (χ0n) is 25.3. The van der Waals surface area contributed by atoms with E-state index in [1.807, 2.05) is 0 Å². The number of hydrogen-bond acceptors (Lipinski definition) is 1. The molecule has 6 aromatic carbocycles. The minimum absolute atomic E-state index is 0.0578. The smallest absolute Gasteiger partial charge is 0.0467 e. The molecule has 0 atom stereocenters. The molecule has 0 aromatic heterocycles. The second-order valence-electron chi connectivity index (χ2n) is 12.5. The van der Waals surface area contributed by atoms with Crippen molar-refractivity contribution in [3.05, 3.63) is 151 Å². The van der Waals surface area contributed by atoms with Gasteiger partial charge in [-0.25, -0.2) is 0 Å².